The second-order valence-corrected chi connectivity index (χ2v) is 9.99. The monoisotopic (exact) mass is 646 g/mol. The van der Waals surface area contributed by atoms with Crippen molar-refractivity contribution in [1.82, 2.24) is 54.1 Å². The van der Waals surface area contributed by atoms with E-state index < -0.39 is 11.9 Å². The summed E-state index contributed by atoms with van der Waals surface area (Å²) < 4.78 is 14.8. The van der Waals surface area contributed by atoms with Gasteiger partial charge in [0.05, 0.1) is 38.0 Å². The van der Waals surface area contributed by atoms with Crippen molar-refractivity contribution in [3.8, 4) is 11.9 Å². The number of nitrogens with zero attached hydrogens (tertiary/aromatic N) is 16. The lowest BCUT2D eigenvalue weighted by Crippen LogP contribution is -2.19. The number of carbonyl (C=O) groups excluding carboxylic acids is 2. The molecule has 4 N–H and O–H groups in total. The number of aryl methyl sites for hydroxylation is 4. The molecule has 0 bridgehead atoms. The summed E-state index contributed by atoms with van der Waals surface area (Å²) in [7, 11) is 9.17. The van der Waals surface area contributed by atoms with Gasteiger partial charge in [-0.25, -0.2) is 19.0 Å². The van der Waals surface area contributed by atoms with Crippen LogP contribution < -0.4 is 16.4 Å². The molecule has 5 aromatic rings. The van der Waals surface area contributed by atoms with Crippen LogP contribution in [0.3, 0.4) is 0 Å². The summed E-state index contributed by atoms with van der Waals surface area (Å²) in [5, 5.41) is 33.9. The predicted octanol–water partition coefficient (Wildman–Crippen LogP) is 1.96. The lowest BCUT2D eigenvalue weighted by molar-refractivity contribution is 0.0592. The van der Waals surface area contributed by atoms with Crippen molar-refractivity contribution in [2.45, 2.75) is 13.8 Å². The SMILES string of the molecule is COC(=O)c1cnn(C)c1N=Nc1c(C)nn(-c2nc(N(C)C)nc(-n3nc(C)c(N=Nc4c(C(=O)OC)cnn4C)c3N)n2)c1N. The Bertz CT molecular complexity index is 1920. The van der Waals surface area contributed by atoms with Crippen LogP contribution in [0.4, 0.5) is 40.6 Å². The zero-order chi connectivity index (χ0) is 34.2. The molecule has 22 heteroatoms. The van der Waals surface area contributed by atoms with Crippen LogP contribution in [-0.2, 0) is 23.6 Å². The molecule has 0 fully saturated rings. The molecule has 0 saturated heterocycles. The fourth-order valence-electron chi connectivity index (χ4n) is 4.16. The van der Waals surface area contributed by atoms with E-state index in [-0.39, 0.29) is 63.6 Å². The second kappa shape index (κ2) is 12.4. The highest BCUT2D eigenvalue weighted by atomic mass is 16.5. The Morgan fingerprint density at radius 3 is 1.49 bits per heavy atom. The van der Waals surface area contributed by atoms with Gasteiger partial charge in [-0.05, 0) is 13.8 Å². The first-order chi connectivity index (χ1) is 22.4. The molecule has 0 radical (unpaired) electrons. The van der Waals surface area contributed by atoms with Crippen LogP contribution >= 0.6 is 0 Å². The van der Waals surface area contributed by atoms with Gasteiger partial charge >= 0.3 is 11.9 Å². The van der Waals surface area contributed by atoms with Gasteiger partial charge in [-0.3, -0.25) is 0 Å². The predicted molar refractivity (Wildman–Crippen MR) is 164 cm³/mol. The van der Waals surface area contributed by atoms with Crippen LogP contribution in [0, 0.1) is 13.8 Å². The van der Waals surface area contributed by atoms with Crippen molar-refractivity contribution >= 4 is 52.5 Å². The molecule has 5 rings (SSSR count). The van der Waals surface area contributed by atoms with Gasteiger partial charge < -0.3 is 25.8 Å². The number of nitrogens with two attached hydrogens (primary N) is 2. The van der Waals surface area contributed by atoms with Gasteiger partial charge in [0.2, 0.25) is 5.95 Å². The first-order valence-electron chi connectivity index (χ1n) is 13.5. The zero-order valence-electron chi connectivity index (χ0n) is 26.6. The van der Waals surface area contributed by atoms with E-state index in [0.717, 1.165) is 0 Å². The van der Waals surface area contributed by atoms with Crippen LogP contribution in [0.5, 0.6) is 0 Å². The Kier molecular flexibility index (Phi) is 8.40. The third kappa shape index (κ3) is 5.81. The molecule has 47 heavy (non-hydrogen) atoms. The largest absolute Gasteiger partial charge is 0.465 e. The normalized spacial score (nSPS) is 11.6. The maximum atomic E-state index is 12.1. The van der Waals surface area contributed by atoms with Crippen LogP contribution in [0.15, 0.2) is 32.9 Å². The number of nitrogen functional groups attached to an aromatic ring is 2. The number of anilines is 3. The van der Waals surface area contributed by atoms with Crippen LogP contribution in [0.2, 0.25) is 0 Å². The Hall–Kier alpha value is -6.61. The molecular weight excluding hydrogens is 616 g/mol. The lowest BCUT2D eigenvalue weighted by Gasteiger charge is -2.13. The summed E-state index contributed by atoms with van der Waals surface area (Å²) >= 11 is 0. The van der Waals surface area contributed by atoms with E-state index in [2.05, 4.69) is 55.8 Å². The highest BCUT2D eigenvalue weighted by molar-refractivity contribution is 5.94. The molecule has 0 amide bonds. The van der Waals surface area contributed by atoms with Gasteiger partial charge in [0.1, 0.15) is 11.1 Å². The Morgan fingerprint density at radius 1 is 0.723 bits per heavy atom. The summed E-state index contributed by atoms with van der Waals surface area (Å²) in [5.41, 5.74) is 14.3. The standard InChI is InChI=1S/C25H30N18O4/c1-11-15(33-35-19-13(21(44)46-7)9-28-40(19)5)17(26)42(37-11)24-30-23(39(3)4)31-25(32-24)43-18(27)16(12(2)38-43)34-36-20-14(22(45)47-8)10-29-41(20)6/h9-10H,26-27H2,1-8H3. The van der Waals surface area contributed by atoms with E-state index in [1.54, 1.807) is 46.9 Å². The lowest BCUT2D eigenvalue weighted by atomic mass is 10.3. The Balaban J connectivity index is 1.55. The van der Waals surface area contributed by atoms with Gasteiger partial charge in [0, 0.05) is 28.2 Å². The van der Waals surface area contributed by atoms with Gasteiger partial charge in [0.25, 0.3) is 11.9 Å². The van der Waals surface area contributed by atoms with E-state index in [1.165, 1.54) is 45.3 Å². The number of ether oxygens (including phenoxy) is 2. The minimum atomic E-state index is -0.623. The minimum absolute atomic E-state index is 0.0184. The smallest absolute Gasteiger partial charge is 0.343 e. The molecule has 0 spiro atoms. The molecule has 0 unspecified atom stereocenters. The molecule has 0 aliphatic rings. The van der Waals surface area contributed by atoms with E-state index in [1.807, 2.05) is 0 Å². The maximum absolute atomic E-state index is 12.1. The summed E-state index contributed by atoms with van der Waals surface area (Å²) in [6.07, 6.45) is 2.64. The highest BCUT2D eigenvalue weighted by Crippen LogP contribution is 2.33. The first kappa shape index (κ1) is 31.8. The van der Waals surface area contributed by atoms with E-state index in [9.17, 15) is 9.59 Å². The number of hydrogen-bond acceptors (Lipinski definition) is 18. The van der Waals surface area contributed by atoms with Crippen LogP contribution in [-0.4, -0.2) is 94.3 Å². The summed E-state index contributed by atoms with van der Waals surface area (Å²) in [6, 6.07) is 0. The highest BCUT2D eigenvalue weighted by Gasteiger charge is 2.23. The minimum Gasteiger partial charge on any atom is -0.465 e. The van der Waals surface area contributed by atoms with Crippen molar-refractivity contribution in [2.24, 2.45) is 34.6 Å². The van der Waals surface area contributed by atoms with Crippen molar-refractivity contribution in [1.29, 1.82) is 0 Å². The fourth-order valence-corrected chi connectivity index (χ4v) is 4.16. The maximum Gasteiger partial charge on any atom is 0.343 e. The summed E-state index contributed by atoms with van der Waals surface area (Å²) in [6.45, 7) is 3.33. The van der Waals surface area contributed by atoms with E-state index in [4.69, 9.17) is 20.9 Å². The number of aromatic nitrogens is 11. The molecule has 0 aromatic carbocycles. The van der Waals surface area contributed by atoms with Gasteiger partial charge in [-0.2, -0.15) is 44.7 Å². The van der Waals surface area contributed by atoms with Crippen molar-refractivity contribution in [2.75, 3.05) is 44.7 Å². The third-order valence-corrected chi connectivity index (χ3v) is 6.62. The van der Waals surface area contributed by atoms with Crippen LogP contribution in [0.25, 0.3) is 11.9 Å². The number of esters is 2. The number of rotatable bonds is 9. The average Bonchev–Trinajstić information content (AvgIpc) is 3.77. The van der Waals surface area contributed by atoms with E-state index >= 15 is 0 Å². The first-order valence-corrected chi connectivity index (χ1v) is 13.5. The third-order valence-electron chi connectivity index (χ3n) is 6.62. The van der Waals surface area contributed by atoms with Crippen molar-refractivity contribution < 1.29 is 19.1 Å². The van der Waals surface area contributed by atoms with Crippen molar-refractivity contribution in [3.05, 3.63) is 34.9 Å². The second-order valence-electron chi connectivity index (χ2n) is 9.99. The Morgan fingerprint density at radius 2 is 1.13 bits per heavy atom. The molecule has 0 aliphatic carbocycles. The van der Waals surface area contributed by atoms with Gasteiger partial charge in [0.15, 0.2) is 34.6 Å². The summed E-state index contributed by atoms with van der Waals surface area (Å²) in [5.74, 6) is -0.574. The number of azo groups is 2. The number of hydrogen-bond donors (Lipinski definition) is 2. The average molecular weight is 647 g/mol. The molecule has 0 saturated carbocycles. The van der Waals surface area contributed by atoms with E-state index in [0.29, 0.717) is 11.4 Å². The van der Waals surface area contributed by atoms with Crippen molar-refractivity contribution in [3.63, 3.8) is 0 Å². The van der Waals surface area contributed by atoms with Gasteiger partial charge in [-0.15, -0.1) is 20.5 Å². The Labute approximate surface area is 265 Å². The molecule has 244 valence electrons. The molecule has 5 heterocycles. The fraction of sp³-hybridized carbons (Fsp3) is 0.320. The van der Waals surface area contributed by atoms with Crippen LogP contribution in [0.1, 0.15) is 32.1 Å². The molecule has 22 nitrogen and oxygen atoms in total. The topological polar surface area (TPSA) is 267 Å². The number of methoxy groups -OCH3 is 2. The molecular formula is C25H30N18O4. The molecule has 0 aliphatic heterocycles. The quantitative estimate of drug-likeness (QED) is 0.171. The molecule has 0 atom stereocenters. The molecule has 5 aromatic heterocycles. The number of carbonyl (C=O) groups is 2. The van der Waals surface area contributed by atoms with Gasteiger partial charge in [-0.1, -0.05) is 0 Å². The zero-order valence-corrected chi connectivity index (χ0v) is 26.6. The summed E-state index contributed by atoms with van der Waals surface area (Å²) in [4.78, 5) is 39.4.